The van der Waals surface area contributed by atoms with Gasteiger partial charge in [0, 0.05) is 12.1 Å². The number of Topliss-reactive ketones (excluding diaryl/α,β-unsaturated/α-hetero) is 1. The quantitative estimate of drug-likeness (QED) is 0.344. The summed E-state index contributed by atoms with van der Waals surface area (Å²) < 4.78 is 1.65. The third-order valence-corrected chi connectivity index (χ3v) is 5.45. The molecule has 0 radical (unpaired) electrons. The first kappa shape index (κ1) is 20.8. The molecule has 0 spiro atoms. The third kappa shape index (κ3) is 4.92. The van der Waals surface area contributed by atoms with Gasteiger partial charge in [0.15, 0.2) is 10.9 Å². The number of aromatic nitrogens is 2. The molecule has 0 saturated carbocycles. The highest BCUT2D eigenvalue weighted by Crippen LogP contribution is 2.20. The van der Waals surface area contributed by atoms with Crippen LogP contribution in [0.1, 0.15) is 37.0 Å². The van der Waals surface area contributed by atoms with Crippen molar-refractivity contribution in [2.75, 3.05) is 11.1 Å². The number of unbranched alkanes of at least 4 members (excludes halogenated alkanes) is 1. The zero-order chi connectivity index (χ0) is 20.8. The van der Waals surface area contributed by atoms with Crippen LogP contribution in [0.25, 0.3) is 10.9 Å². The number of hydrogen-bond donors (Lipinski definition) is 1. The van der Waals surface area contributed by atoms with Crippen LogP contribution in [0.2, 0.25) is 0 Å². The summed E-state index contributed by atoms with van der Waals surface area (Å²) >= 11 is 1.22. The molecule has 1 N–H and O–H groups in total. The lowest BCUT2D eigenvalue weighted by Crippen LogP contribution is -2.24. The number of carbonyl (C=O) groups excluding carboxylic acids is 2. The summed E-state index contributed by atoms with van der Waals surface area (Å²) in [7, 11) is 0. The molecule has 7 heteroatoms. The fourth-order valence-electron chi connectivity index (χ4n) is 2.99. The van der Waals surface area contributed by atoms with Crippen molar-refractivity contribution in [3.63, 3.8) is 0 Å². The lowest BCUT2D eigenvalue weighted by Gasteiger charge is -2.13. The van der Waals surface area contributed by atoms with E-state index in [4.69, 9.17) is 0 Å². The molecule has 6 nitrogen and oxygen atoms in total. The minimum atomic E-state index is -0.256. The standard InChI is InChI=1S/C22H23N3O3S/c1-3-4-13-25-21(28)17-10-6-8-12-19(17)24-22(25)29-14-20(27)23-18-11-7-5-9-16(18)15(2)26/h5-12H,3-4,13-14H2,1-2H3,(H,23,27). The Balaban J connectivity index is 1.82. The second kappa shape index (κ2) is 9.52. The molecule has 29 heavy (non-hydrogen) atoms. The average Bonchev–Trinajstić information content (AvgIpc) is 2.72. The SMILES string of the molecule is CCCCn1c(SCC(=O)Nc2ccccc2C(C)=O)nc2ccccc2c1=O. The minimum absolute atomic E-state index is 0.0865. The molecule has 1 amide bonds. The van der Waals surface area contributed by atoms with Gasteiger partial charge in [-0.2, -0.15) is 0 Å². The Kier molecular flexibility index (Phi) is 6.82. The Hall–Kier alpha value is -2.93. The van der Waals surface area contributed by atoms with Gasteiger partial charge in [0.25, 0.3) is 5.56 Å². The highest BCUT2D eigenvalue weighted by atomic mass is 32.2. The van der Waals surface area contributed by atoms with Crippen molar-refractivity contribution in [1.82, 2.24) is 9.55 Å². The number of ketones is 1. The summed E-state index contributed by atoms with van der Waals surface area (Å²) in [5, 5.41) is 3.88. The molecule has 150 valence electrons. The van der Waals surface area contributed by atoms with Gasteiger partial charge < -0.3 is 5.32 Å². The van der Waals surface area contributed by atoms with Gasteiger partial charge in [-0.15, -0.1) is 0 Å². The van der Waals surface area contributed by atoms with Crippen LogP contribution in [-0.2, 0) is 11.3 Å². The zero-order valence-corrected chi connectivity index (χ0v) is 17.3. The lowest BCUT2D eigenvalue weighted by molar-refractivity contribution is -0.113. The van der Waals surface area contributed by atoms with Crippen molar-refractivity contribution in [3.05, 3.63) is 64.4 Å². The van der Waals surface area contributed by atoms with Crippen LogP contribution in [0.4, 0.5) is 5.69 Å². The van der Waals surface area contributed by atoms with E-state index in [1.54, 1.807) is 41.0 Å². The maximum absolute atomic E-state index is 12.9. The molecule has 3 aromatic rings. The van der Waals surface area contributed by atoms with Crippen LogP contribution in [0.5, 0.6) is 0 Å². The molecular weight excluding hydrogens is 386 g/mol. The second-order valence-corrected chi connectivity index (χ2v) is 7.60. The molecule has 0 saturated heterocycles. The van der Waals surface area contributed by atoms with E-state index in [9.17, 15) is 14.4 Å². The molecule has 1 aromatic heterocycles. The van der Waals surface area contributed by atoms with E-state index in [-0.39, 0.29) is 23.0 Å². The summed E-state index contributed by atoms with van der Waals surface area (Å²) in [5.41, 5.74) is 1.49. The van der Waals surface area contributed by atoms with E-state index < -0.39 is 0 Å². The predicted octanol–water partition coefficient (Wildman–Crippen LogP) is 4.13. The number of carbonyl (C=O) groups is 2. The van der Waals surface area contributed by atoms with Gasteiger partial charge in [-0.1, -0.05) is 49.4 Å². The van der Waals surface area contributed by atoms with Gasteiger partial charge in [0.1, 0.15) is 0 Å². The Labute approximate surface area is 173 Å². The summed E-state index contributed by atoms with van der Waals surface area (Å²) in [6.45, 7) is 4.09. The van der Waals surface area contributed by atoms with Gasteiger partial charge in [0.2, 0.25) is 5.91 Å². The van der Waals surface area contributed by atoms with E-state index in [1.165, 1.54) is 18.7 Å². The van der Waals surface area contributed by atoms with Gasteiger partial charge in [-0.05, 0) is 37.6 Å². The van der Waals surface area contributed by atoms with E-state index in [1.807, 2.05) is 12.1 Å². The van der Waals surface area contributed by atoms with Crippen LogP contribution >= 0.6 is 11.8 Å². The lowest BCUT2D eigenvalue weighted by atomic mass is 10.1. The maximum Gasteiger partial charge on any atom is 0.262 e. The van der Waals surface area contributed by atoms with Crippen molar-refractivity contribution in [1.29, 1.82) is 0 Å². The smallest absolute Gasteiger partial charge is 0.262 e. The number of nitrogens with zero attached hydrogens (tertiary/aromatic N) is 2. The Morgan fingerprint density at radius 3 is 2.59 bits per heavy atom. The topological polar surface area (TPSA) is 81.1 Å². The molecule has 2 aromatic carbocycles. The summed E-state index contributed by atoms with van der Waals surface area (Å²) in [5.74, 6) is -0.283. The molecule has 0 unspecified atom stereocenters. The predicted molar refractivity (Wildman–Crippen MR) is 117 cm³/mol. The number of hydrogen-bond acceptors (Lipinski definition) is 5. The van der Waals surface area contributed by atoms with Gasteiger partial charge in [0.05, 0.1) is 22.3 Å². The Bertz CT molecular complexity index is 1110. The van der Waals surface area contributed by atoms with Gasteiger partial charge in [-0.25, -0.2) is 4.98 Å². The highest BCUT2D eigenvalue weighted by molar-refractivity contribution is 7.99. The normalized spacial score (nSPS) is 10.8. The van der Waals surface area contributed by atoms with Crippen molar-refractivity contribution in [2.24, 2.45) is 0 Å². The van der Waals surface area contributed by atoms with Crippen LogP contribution in [-0.4, -0.2) is 27.0 Å². The number of rotatable bonds is 8. The number of amides is 1. The number of fused-ring (bicyclic) bond motifs is 1. The molecule has 0 aliphatic rings. The van der Waals surface area contributed by atoms with Crippen molar-refractivity contribution < 1.29 is 9.59 Å². The second-order valence-electron chi connectivity index (χ2n) is 6.66. The minimum Gasteiger partial charge on any atom is -0.325 e. The molecular formula is C22H23N3O3S. The van der Waals surface area contributed by atoms with Crippen molar-refractivity contribution in [3.8, 4) is 0 Å². The molecule has 1 heterocycles. The van der Waals surface area contributed by atoms with Crippen molar-refractivity contribution >= 4 is 40.0 Å². The first-order valence-corrected chi connectivity index (χ1v) is 10.5. The number of benzene rings is 2. The van der Waals surface area contributed by atoms with E-state index in [0.717, 1.165) is 12.8 Å². The number of para-hydroxylation sites is 2. The largest absolute Gasteiger partial charge is 0.325 e. The monoisotopic (exact) mass is 409 g/mol. The Morgan fingerprint density at radius 1 is 1.10 bits per heavy atom. The number of thioether (sulfide) groups is 1. The van der Waals surface area contributed by atoms with Gasteiger partial charge >= 0.3 is 0 Å². The first-order valence-electron chi connectivity index (χ1n) is 9.53. The summed E-state index contributed by atoms with van der Waals surface area (Å²) in [4.78, 5) is 41.7. The molecule has 0 atom stereocenters. The fourth-order valence-corrected chi connectivity index (χ4v) is 3.81. The van der Waals surface area contributed by atoms with Crippen LogP contribution < -0.4 is 10.9 Å². The summed E-state index contributed by atoms with van der Waals surface area (Å²) in [6, 6.07) is 14.1. The third-order valence-electron chi connectivity index (χ3n) is 4.47. The van der Waals surface area contributed by atoms with E-state index in [2.05, 4.69) is 17.2 Å². The zero-order valence-electron chi connectivity index (χ0n) is 16.5. The van der Waals surface area contributed by atoms with Gasteiger partial charge in [-0.3, -0.25) is 19.0 Å². The molecule has 0 bridgehead atoms. The molecule has 3 rings (SSSR count). The van der Waals surface area contributed by atoms with Crippen molar-refractivity contribution in [2.45, 2.75) is 38.4 Å². The van der Waals surface area contributed by atoms with Crippen LogP contribution in [0.3, 0.4) is 0 Å². The average molecular weight is 410 g/mol. The van der Waals surface area contributed by atoms with E-state index in [0.29, 0.717) is 33.9 Å². The van der Waals surface area contributed by atoms with Crippen LogP contribution in [0.15, 0.2) is 58.5 Å². The fraction of sp³-hybridized carbons (Fsp3) is 0.273. The maximum atomic E-state index is 12.9. The number of nitrogens with one attached hydrogen (secondary N) is 1. The molecule has 0 aliphatic heterocycles. The highest BCUT2D eigenvalue weighted by Gasteiger charge is 2.14. The summed E-state index contributed by atoms with van der Waals surface area (Å²) in [6.07, 6.45) is 1.80. The van der Waals surface area contributed by atoms with Crippen LogP contribution in [0, 0.1) is 0 Å². The van der Waals surface area contributed by atoms with E-state index >= 15 is 0 Å². The number of anilines is 1. The Morgan fingerprint density at radius 2 is 1.83 bits per heavy atom. The first-order chi connectivity index (χ1) is 14.0. The molecule has 0 fully saturated rings. The molecule has 0 aliphatic carbocycles.